The molecule has 0 bridgehead atoms. The Bertz CT molecular complexity index is 317. The summed E-state index contributed by atoms with van der Waals surface area (Å²) >= 11 is 0.126. The number of allylic oxidation sites excluding steroid dienone is 2. The molecule has 15 heavy (non-hydrogen) atoms. The molecule has 2 nitrogen and oxygen atoms in total. The fraction of sp³-hybridized carbons (Fsp3) is 0.0833. The molecule has 1 aliphatic heterocycles. The van der Waals surface area contributed by atoms with Gasteiger partial charge in [-0.05, 0) is 0 Å². The number of aliphatic carboxylic acids is 1. The van der Waals surface area contributed by atoms with Crippen LogP contribution in [0.5, 0.6) is 0 Å². The predicted octanol–water partition coefficient (Wildman–Crippen LogP) is 2.33. The first kappa shape index (κ1) is 11.8. The van der Waals surface area contributed by atoms with Gasteiger partial charge in [-0.1, -0.05) is 36.4 Å². The van der Waals surface area contributed by atoms with Gasteiger partial charge in [-0.2, -0.15) is 0 Å². The summed E-state index contributed by atoms with van der Waals surface area (Å²) < 4.78 is 0. The maximum atomic E-state index is 10.3. The molecule has 0 spiro atoms. The fourth-order valence-electron chi connectivity index (χ4n) is 0.911. The summed E-state index contributed by atoms with van der Waals surface area (Å²) in [6.07, 6.45) is 5.39. The second-order valence-electron chi connectivity index (χ2n) is 2.76. The van der Waals surface area contributed by atoms with Crippen molar-refractivity contribution in [3.8, 4) is 0 Å². The van der Waals surface area contributed by atoms with Crippen LogP contribution in [0.25, 0.3) is 0 Å². The van der Waals surface area contributed by atoms with E-state index >= 15 is 0 Å². The molecule has 78 valence electrons. The Labute approximate surface area is 95.5 Å². The summed E-state index contributed by atoms with van der Waals surface area (Å²) in [5.74, 6) is -0.712. The number of benzene rings is 1. The average Bonchev–Trinajstić information content (AvgIpc) is 2.33. The molecule has 1 aromatic rings. The molecule has 1 N–H and O–H groups in total. The van der Waals surface area contributed by atoms with E-state index in [-0.39, 0.29) is 19.8 Å². The minimum absolute atomic E-state index is 0.126. The maximum Gasteiger partial charge on any atom is -0.0623 e. The molecule has 1 aromatic carbocycles. The summed E-state index contributed by atoms with van der Waals surface area (Å²) in [5, 5.41) is 8.47. The van der Waals surface area contributed by atoms with Crippen LogP contribution in [0.15, 0.2) is 59.6 Å². The Morgan fingerprint density at radius 2 is 1.53 bits per heavy atom. The van der Waals surface area contributed by atoms with Crippen LogP contribution in [0.2, 0.25) is 4.82 Å². The van der Waals surface area contributed by atoms with Gasteiger partial charge in [0, 0.05) is 0 Å². The van der Waals surface area contributed by atoms with Gasteiger partial charge in [-0.3, -0.25) is 0 Å². The summed E-state index contributed by atoms with van der Waals surface area (Å²) in [7, 11) is 0. The van der Waals surface area contributed by atoms with Crippen molar-refractivity contribution in [1.82, 2.24) is 0 Å². The van der Waals surface area contributed by atoms with Crippen molar-refractivity contribution < 1.29 is 9.90 Å². The van der Waals surface area contributed by atoms with Gasteiger partial charge in [0.25, 0.3) is 0 Å². The van der Waals surface area contributed by atoms with Gasteiger partial charge in [0.05, 0.1) is 0 Å². The van der Waals surface area contributed by atoms with Crippen LogP contribution in [-0.2, 0) is 4.79 Å². The molecule has 1 heterocycles. The Balaban J connectivity index is 0.000000162. The number of carboxylic acid groups (broad SMARTS) is 1. The van der Waals surface area contributed by atoms with Gasteiger partial charge in [0.1, 0.15) is 0 Å². The second-order valence-corrected chi connectivity index (χ2v) is 4.97. The summed E-state index contributed by atoms with van der Waals surface area (Å²) in [6.45, 7) is 0. The Kier molecular flexibility index (Phi) is 5.52. The van der Waals surface area contributed by atoms with Crippen LogP contribution in [0.3, 0.4) is 0 Å². The zero-order chi connectivity index (χ0) is 10.9. The third-order valence-electron chi connectivity index (χ3n) is 1.61. The largest absolute Gasteiger partial charge is 0.0623 e. The fourth-order valence-corrected chi connectivity index (χ4v) is 2.27. The molecule has 0 aliphatic carbocycles. The molecule has 0 radical (unpaired) electrons. The van der Waals surface area contributed by atoms with E-state index in [1.54, 1.807) is 12.2 Å². The molecule has 0 aromatic heterocycles. The van der Waals surface area contributed by atoms with E-state index in [0.29, 0.717) is 0 Å². The van der Waals surface area contributed by atoms with E-state index in [1.807, 2.05) is 47.4 Å². The van der Waals surface area contributed by atoms with E-state index in [9.17, 15) is 4.79 Å². The van der Waals surface area contributed by atoms with Crippen LogP contribution >= 0.6 is 0 Å². The first-order valence-electron chi connectivity index (χ1n) is 4.52. The van der Waals surface area contributed by atoms with Gasteiger partial charge < -0.3 is 0 Å². The maximum absolute atomic E-state index is 10.3. The molecular weight excluding hydrogens is 255 g/mol. The van der Waals surface area contributed by atoms with E-state index < -0.39 is 5.97 Å². The van der Waals surface area contributed by atoms with Crippen molar-refractivity contribution >= 4 is 20.9 Å². The summed E-state index contributed by atoms with van der Waals surface area (Å²) in [5.41, 5.74) is 0. The molecule has 1 atom stereocenters. The molecule has 1 unspecified atom stereocenters. The van der Waals surface area contributed by atoms with Gasteiger partial charge in [0.2, 0.25) is 0 Å². The summed E-state index contributed by atoms with van der Waals surface area (Å²) in [6, 6.07) is 12.0. The number of hydrogen-bond donors (Lipinski definition) is 1. The van der Waals surface area contributed by atoms with Crippen molar-refractivity contribution in [2.45, 2.75) is 4.82 Å². The van der Waals surface area contributed by atoms with Crippen LogP contribution < -0.4 is 0 Å². The Morgan fingerprint density at radius 1 is 1.00 bits per heavy atom. The smallest absolute Gasteiger partial charge is 0.0623 e. The molecule has 1 aliphatic rings. The standard InChI is InChI=1S/C6H6O2Se.C6H6/c7-6(8)5-3-1-2-4-9-5;1-2-4-6-5-3-1/h1-5H,(H,7,8);1-6H. The van der Waals surface area contributed by atoms with Crippen molar-refractivity contribution in [3.05, 3.63) is 59.6 Å². The first-order chi connectivity index (χ1) is 7.30. The van der Waals surface area contributed by atoms with Crippen molar-refractivity contribution in [2.24, 2.45) is 0 Å². The van der Waals surface area contributed by atoms with Crippen molar-refractivity contribution in [2.75, 3.05) is 0 Å². The molecule has 0 amide bonds. The number of hydrogen-bond acceptors (Lipinski definition) is 1. The molecule has 0 saturated heterocycles. The monoisotopic (exact) mass is 268 g/mol. The topological polar surface area (TPSA) is 37.3 Å². The Hall–Kier alpha value is -1.31. The normalized spacial score (nSPS) is 17.7. The SMILES string of the molecule is O=C(O)C1C=CC=C[Se]1.c1ccccc1. The van der Waals surface area contributed by atoms with Crippen LogP contribution in [0.4, 0.5) is 0 Å². The molecule has 3 heteroatoms. The van der Waals surface area contributed by atoms with Crippen LogP contribution in [-0.4, -0.2) is 26.0 Å². The zero-order valence-corrected chi connectivity index (χ0v) is 9.83. The van der Waals surface area contributed by atoms with E-state index in [1.165, 1.54) is 0 Å². The quantitative estimate of drug-likeness (QED) is 0.793. The zero-order valence-electron chi connectivity index (χ0n) is 8.11. The minimum atomic E-state index is -0.712. The van der Waals surface area contributed by atoms with Crippen molar-refractivity contribution in [1.29, 1.82) is 0 Å². The minimum Gasteiger partial charge on any atom is -0.0623 e. The third kappa shape index (κ3) is 5.21. The number of rotatable bonds is 1. The second kappa shape index (κ2) is 7.04. The average molecular weight is 267 g/mol. The molecular formula is C12H12O2Se. The molecule has 0 fully saturated rings. The predicted molar refractivity (Wildman–Crippen MR) is 61.9 cm³/mol. The van der Waals surface area contributed by atoms with E-state index in [2.05, 4.69) is 0 Å². The van der Waals surface area contributed by atoms with E-state index in [0.717, 1.165) is 0 Å². The van der Waals surface area contributed by atoms with Gasteiger partial charge in [-0.15, -0.1) is 0 Å². The molecule has 0 saturated carbocycles. The first-order valence-corrected chi connectivity index (χ1v) is 6.50. The van der Waals surface area contributed by atoms with Gasteiger partial charge in [0.15, 0.2) is 0 Å². The van der Waals surface area contributed by atoms with Gasteiger partial charge in [-0.25, -0.2) is 0 Å². The molecule has 2 rings (SSSR count). The number of carbonyl (C=O) groups is 1. The van der Waals surface area contributed by atoms with Crippen LogP contribution in [0, 0.1) is 0 Å². The van der Waals surface area contributed by atoms with Crippen LogP contribution in [0.1, 0.15) is 0 Å². The number of carboxylic acids is 1. The Morgan fingerprint density at radius 3 is 1.80 bits per heavy atom. The van der Waals surface area contributed by atoms with Crippen molar-refractivity contribution in [3.63, 3.8) is 0 Å². The van der Waals surface area contributed by atoms with Gasteiger partial charge >= 0.3 is 58.8 Å². The van der Waals surface area contributed by atoms with E-state index in [4.69, 9.17) is 5.11 Å². The summed E-state index contributed by atoms with van der Waals surface area (Å²) in [4.78, 5) is 12.0. The third-order valence-corrected chi connectivity index (χ3v) is 3.64.